The molecule has 0 saturated heterocycles. The number of hydrogen-bond acceptors (Lipinski definition) is 2. The molecule has 0 spiro atoms. The Morgan fingerprint density at radius 1 is 1.62 bits per heavy atom. The Labute approximate surface area is 86.9 Å². The van der Waals surface area contributed by atoms with Crippen molar-refractivity contribution in [2.75, 3.05) is 0 Å². The van der Waals surface area contributed by atoms with Crippen LogP contribution in [0.4, 0.5) is 0 Å². The Balaban J connectivity index is 2.68. The molecule has 0 fully saturated rings. The van der Waals surface area contributed by atoms with Crippen LogP contribution in [0.2, 0.25) is 0 Å². The lowest BCUT2D eigenvalue weighted by Crippen LogP contribution is -2.15. The van der Waals surface area contributed by atoms with E-state index in [2.05, 4.69) is 21.0 Å². The fourth-order valence-corrected chi connectivity index (χ4v) is 1.68. The third-order valence-electron chi connectivity index (χ3n) is 2.22. The van der Waals surface area contributed by atoms with Gasteiger partial charge in [-0.15, -0.1) is 0 Å². The smallest absolute Gasteiger partial charge is 0.131 e. The van der Waals surface area contributed by atoms with Gasteiger partial charge in [0, 0.05) is 18.8 Å². The molecular formula is C9H15BrN2O. The van der Waals surface area contributed by atoms with Crippen LogP contribution < -0.4 is 0 Å². The molecule has 13 heavy (non-hydrogen) atoms. The topological polar surface area (TPSA) is 38.0 Å². The molecule has 3 nitrogen and oxygen atoms in total. The summed E-state index contributed by atoms with van der Waals surface area (Å²) in [5.74, 6) is 0.264. The average molecular weight is 247 g/mol. The van der Waals surface area contributed by atoms with Crippen molar-refractivity contribution in [1.82, 2.24) is 9.78 Å². The highest BCUT2D eigenvalue weighted by Gasteiger charge is 2.13. The highest BCUT2D eigenvalue weighted by atomic mass is 79.9. The second kappa shape index (κ2) is 4.24. The summed E-state index contributed by atoms with van der Waals surface area (Å²) < 4.78 is 2.65. The van der Waals surface area contributed by atoms with Crippen molar-refractivity contribution in [2.45, 2.75) is 26.4 Å². The fourth-order valence-electron chi connectivity index (χ4n) is 1.16. The molecule has 0 radical (unpaired) electrons. The molecule has 1 N–H and O–H groups in total. The van der Waals surface area contributed by atoms with Crippen LogP contribution in [0.25, 0.3) is 0 Å². The first-order valence-corrected chi connectivity index (χ1v) is 5.16. The number of aromatic nitrogens is 2. The van der Waals surface area contributed by atoms with Gasteiger partial charge in [0.15, 0.2) is 0 Å². The first-order chi connectivity index (χ1) is 6.00. The summed E-state index contributed by atoms with van der Waals surface area (Å²) in [5, 5.41) is 13.5. The zero-order chi connectivity index (χ0) is 10.0. The van der Waals surface area contributed by atoms with Gasteiger partial charge in [-0.25, -0.2) is 0 Å². The average Bonchev–Trinajstić information content (AvgIpc) is 2.30. The molecule has 0 amide bonds. The molecule has 2 atom stereocenters. The summed E-state index contributed by atoms with van der Waals surface area (Å²) in [4.78, 5) is 0. The molecular weight excluding hydrogens is 232 g/mol. The number of aliphatic hydroxyl groups excluding tert-OH is 1. The maximum atomic E-state index is 9.34. The van der Waals surface area contributed by atoms with E-state index in [1.807, 2.05) is 27.1 Å². The minimum absolute atomic E-state index is 0.264. The van der Waals surface area contributed by atoms with Crippen LogP contribution in [0, 0.1) is 5.92 Å². The predicted molar refractivity (Wildman–Crippen MR) is 55.5 cm³/mol. The Morgan fingerprint density at radius 3 is 2.62 bits per heavy atom. The molecule has 1 rings (SSSR count). The highest BCUT2D eigenvalue weighted by molar-refractivity contribution is 9.10. The molecule has 4 heteroatoms. The highest BCUT2D eigenvalue weighted by Crippen LogP contribution is 2.19. The van der Waals surface area contributed by atoms with Gasteiger partial charge in [-0.2, -0.15) is 5.10 Å². The van der Waals surface area contributed by atoms with Crippen molar-refractivity contribution < 1.29 is 5.11 Å². The van der Waals surface area contributed by atoms with E-state index in [0.29, 0.717) is 0 Å². The quantitative estimate of drug-likeness (QED) is 0.883. The number of aliphatic hydroxyl groups is 1. The lowest BCUT2D eigenvalue weighted by Gasteiger charge is -2.12. The van der Waals surface area contributed by atoms with E-state index < -0.39 is 0 Å². The minimum atomic E-state index is -0.271. The number of hydrogen-bond donors (Lipinski definition) is 1. The van der Waals surface area contributed by atoms with E-state index in [1.54, 1.807) is 4.68 Å². The molecule has 2 unspecified atom stereocenters. The zero-order valence-electron chi connectivity index (χ0n) is 8.16. The van der Waals surface area contributed by atoms with Crippen LogP contribution in [0.5, 0.6) is 0 Å². The molecule has 0 aliphatic rings. The standard InChI is InChI=1S/C9H15BrN2O/c1-6(7(2)13)4-8-5-12(3)11-9(8)10/h5-7,13H,4H2,1-3H3. The monoisotopic (exact) mass is 246 g/mol. The molecule has 74 valence electrons. The first-order valence-electron chi connectivity index (χ1n) is 4.36. The van der Waals surface area contributed by atoms with Gasteiger partial charge in [0.25, 0.3) is 0 Å². The van der Waals surface area contributed by atoms with Gasteiger partial charge in [0.1, 0.15) is 4.60 Å². The summed E-state index contributed by atoms with van der Waals surface area (Å²) in [7, 11) is 1.89. The third-order valence-corrected chi connectivity index (χ3v) is 2.89. The second-order valence-electron chi connectivity index (χ2n) is 3.54. The summed E-state index contributed by atoms with van der Waals surface area (Å²) >= 11 is 3.38. The largest absolute Gasteiger partial charge is 0.393 e. The Kier molecular flexibility index (Phi) is 3.50. The third kappa shape index (κ3) is 2.81. The van der Waals surface area contributed by atoms with Gasteiger partial charge in [0.2, 0.25) is 0 Å². The van der Waals surface area contributed by atoms with Gasteiger partial charge in [-0.1, -0.05) is 6.92 Å². The number of halogens is 1. The Morgan fingerprint density at radius 2 is 2.23 bits per heavy atom. The molecule has 0 aromatic carbocycles. The molecule has 0 aliphatic carbocycles. The van der Waals surface area contributed by atoms with Crippen LogP contribution in [-0.4, -0.2) is 21.0 Å². The SMILES string of the molecule is CC(O)C(C)Cc1cn(C)nc1Br. The van der Waals surface area contributed by atoms with E-state index in [9.17, 15) is 5.11 Å². The summed E-state index contributed by atoms with van der Waals surface area (Å²) in [6.45, 7) is 3.85. The summed E-state index contributed by atoms with van der Waals surface area (Å²) in [6.07, 6.45) is 2.56. The van der Waals surface area contributed by atoms with E-state index in [1.165, 1.54) is 0 Å². The van der Waals surface area contributed by atoms with E-state index in [-0.39, 0.29) is 12.0 Å². The Hall–Kier alpha value is -0.350. The van der Waals surface area contributed by atoms with Crippen LogP contribution >= 0.6 is 15.9 Å². The summed E-state index contributed by atoms with van der Waals surface area (Å²) in [5.41, 5.74) is 1.15. The second-order valence-corrected chi connectivity index (χ2v) is 4.29. The molecule has 1 aromatic heterocycles. The zero-order valence-corrected chi connectivity index (χ0v) is 9.74. The van der Waals surface area contributed by atoms with Crippen molar-refractivity contribution in [3.05, 3.63) is 16.4 Å². The van der Waals surface area contributed by atoms with Crippen molar-refractivity contribution in [3.63, 3.8) is 0 Å². The molecule has 1 heterocycles. The van der Waals surface area contributed by atoms with Gasteiger partial charge in [-0.05, 0) is 35.2 Å². The van der Waals surface area contributed by atoms with E-state index >= 15 is 0 Å². The Bertz CT molecular complexity index is 283. The van der Waals surface area contributed by atoms with Crippen LogP contribution in [0.1, 0.15) is 19.4 Å². The van der Waals surface area contributed by atoms with Crippen molar-refractivity contribution in [2.24, 2.45) is 13.0 Å². The summed E-state index contributed by atoms with van der Waals surface area (Å²) in [6, 6.07) is 0. The van der Waals surface area contributed by atoms with Crippen molar-refractivity contribution >= 4 is 15.9 Å². The molecule has 0 aliphatic heterocycles. The van der Waals surface area contributed by atoms with Crippen LogP contribution in [0.3, 0.4) is 0 Å². The lowest BCUT2D eigenvalue weighted by molar-refractivity contribution is 0.135. The van der Waals surface area contributed by atoms with Gasteiger partial charge >= 0.3 is 0 Å². The molecule has 1 aromatic rings. The van der Waals surface area contributed by atoms with Crippen molar-refractivity contribution in [1.29, 1.82) is 0 Å². The van der Waals surface area contributed by atoms with Crippen LogP contribution in [-0.2, 0) is 13.5 Å². The van der Waals surface area contributed by atoms with Gasteiger partial charge in [0.05, 0.1) is 6.10 Å². The maximum absolute atomic E-state index is 9.34. The number of nitrogens with zero attached hydrogens (tertiary/aromatic N) is 2. The van der Waals surface area contributed by atoms with Crippen molar-refractivity contribution in [3.8, 4) is 0 Å². The molecule has 0 saturated carbocycles. The van der Waals surface area contributed by atoms with E-state index in [0.717, 1.165) is 16.6 Å². The first kappa shape index (κ1) is 10.7. The minimum Gasteiger partial charge on any atom is -0.393 e. The van der Waals surface area contributed by atoms with Gasteiger partial charge in [-0.3, -0.25) is 4.68 Å². The maximum Gasteiger partial charge on any atom is 0.131 e. The van der Waals surface area contributed by atoms with Gasteiger partial charge < -0.3 is 5.11 Å². The fraction of sp³-hybridized carbons (Fsp3) is 0.667. The predicted octanol–water partition coefficient (Wildman–Crippen LogP) is 1.74. The normalized spacial score (nSPS) is 15.8. The number of aryl methyl sites for hydroxylation is 1. The van der Waals surface area contributed by atoms with E-state index in [4.69, 9.17) is 0 Å². The number of rotatable bonds is 3. The lowest BCUT2D eigenvalue weighted by atomic mass is 9.99. The molecule has 0 bridgehead atoms. The van der Waals surface area contributed by atoms with Crippen LogP contribution in [0.15, 0.2) is 10.8 Å².